The lowest BCUT2D eigenvalue weighted by Gasteiger charge is -2.34. The van der Waals surface area contributed by atoms with Gasteiger partial charge in [0.25, 0.3) is 0 Å². The number of rotatable bonds is 8. The zero-order chi connectivity index (χ0) is 26.6. The minimum atomic E-state index is -1.06. The minimum absolute atomic E-state index is 0.0228. The van der Waals surface area contributed by atoms with Crippen molar-refractivity contribution in [3.8, 4) is 0 Å². The summed E-state index contributed by atoms with van der Waals surface area (Å²) >= 11 is 1.04. The van der Waals surface area contributed by atoms with Crippen LogP contribution in [0.15, 0.2) is 30.5 Å². The molecule has 2 aliphatic rings. The monoisotopic (exact) mass is 529 g/mol. The summed E-state index contributed by atoms with van der Waals surface area (Å²) in [7, 11) is 0. The number of thioether (sulfide) groups is 1. The molecule has 0 spiro atoms. The zero-order valence-electron chi connectivity index (χ0n) is 21.3. The lowest BCUT2D eigenvalue weighted by molar-refractivity contribution is -0.134. The lowest BCUT2D eigenvalue weighted by atomic mass is 9.92. The van der Waals surface area contributed by atoms with E-state index in [0.29, 0.717) is 50.8 Å². The highest BCUT2D eigenvalue weighted by atomic mass is 32.2. The third kappa shape index (κ3) is 6.18. The zero-order valence-corrected chi connectivity index (χ0v) is 22.1. The van der Waals surface area contributed by atoms with E-state index in [-0.39, 0.29) is 28.9 Å². The number of carbonyl (C=O) groups is 4. The summed E-state index contributed by atoms with van der Waals surface area (Å²) in [4.78, 5) is 50.7. The largest absolute Gasteiger partial charge is 0.464 e. The Kier molecular flexibility index (Phi) is 8.59. The minimum Gasteiger partial charge on any atom is -0.464 e. The molecule has 4 rings (SSSR count). The van der Waals surface area contributed by atoms with Gasteiger partial charge in [-0.1, -0.05) is 42.8 Å². The molecule has 1 aliphatic carbocycles. The van der Waals surface area contributed by atoms with Gasteiger partial charge in [0.15, 0.2) is 5.12 Å². The maximum atomic E-state index is 13.6. The van der Waals surface area contributed by atoms with Gasteiger partial charge < -0.3 is 20.5 Å². The van der Waals surface area contributed by atoms with Crippen LogP contribution in [0.2, 0.25) is 0 Å². The van der Waals surface area contributed by atoms with Gasteiger partial charge >= 0.3 is 6.09 Å². The van der Waals surface area contributed by atoms with Crippen LogP contribution < -0.4 is 10.6 Å². The van der Waals surface area contributed by atoms with Crippen LogP contribution in [0.4, 0.5) is 4.79 Å². The molecule has 0 bridgehead atoms. The maximum Gasteiger partial charge on any atom is 0.416 e. The molecule has 2 fully saturated rings. The number of fused-ring (bicyclic) bond motifs is 1. The third-order valence-corrected chi connectivity index (χ3v) is 8.59. The van der Waals surface area contributed by atoms with E-state index in [1.165, 1.54) is 11.5 Å². The first-order valence-corrected chi connectivity index (χ1v) is 13.8. The highest BCUT2D eigenvalue weighted by molar-refractivity contribution is 8.14. The Balaban J connectivity index is 1.47. The van der Waals surface area contributed by atoms with Crippen molar-refractivity contribution in [2.75, 3.05) is 13.2 Å². The number of amides is 2. The van der Waals surface area contributed by atoms with Crippen molar-refractivity contribution in [3.63, 3.8) is 0 Å². The summed E-state index contributed by atoms with van der Waals surface area (Å²) in [5.74, 6) is -0.470. The Morgan fingerprint density at radius 1 is 1.16 bits per heavy atom. The second-order valence-electron chi connectivity index (χ2n) is 10.2. The van der Waals surface area contributed by atoms with E-state index in [1.807, 2.05) is 19.1 Å². The van der Waals surface area contributed by atoms with Gasteiger partial charge in [-0.25, -0.2) is 4.79 Å². The number of carboxylic acid groups (broad SMARTS) is 1. The normalized spacial score (nSPS) is 19.3. The summed E-state index contributed by atoms with van der Waals surface area (Å²) in [6.07, 6.45) is 5.14. The Morgan fingerprint density at radius 2 is 1.84 bits per heavy atom. The van der Waals surface area contributed by atoms with Crippen molar-refractivity contribution in [1.82, 2.24) is 15.2 Å². The molecule has 2 heterocycles. The molecule has 0 radical (unpaired) electrons. The fourth-order valence-electron chi connectivity index (χ4n) is 5.57. The fourth-order valence-corrected chi connectivity index (χ4v) is 6.56. The molecular weight excluding hydrogens is 494 g/mol. The van der Waals surface area contributed by atoms with Crippen molar-refractivity contribution in [3.05, 3.63) is 36.0 Å². The Labute approximate surface area is 220 Å². The molecule has 9 nitrogen and oxygen atoms in total. The number of nitrogens with zero attached hydrogens (tertiary/aromatic N) is 1. The number of hydrogen-bond acceptors (Lipinski definition) is 6. The molecule has 200 valence electrons. The molecule has 1 saturated heterocycles. The first kappa shape index (κ1) is 27.2. The average molecular weight is 530 g/mol. The molecule has 3 N–H and O–H groups in total. The van der Waals surface area contributed by atoms with Crippen LogP contribution in [0.1, 0.15) is 57.9 Å². The van der Waals surface area contributed by atoms with Gasteiger partial charge in [0.2, 0.25) is 11.8 Å². The molecule has 2 amide bonds. The molecule has 1 aliphatic heterocycles. The van der Waals surface area contributed by atoms with Gasteiger partial charge in [-0.2, -0.15) is 0 Å². The SMILES string of the molecule is CC(=O)S[C@H](C(=O)NC1(C(=O)N[C@H](C)Cc2cn(C(=O)O)c3ccccc23)CCCC1)C1CCOCC1. The first-order chi connectivity index (χ1) is 17.7. The van der Waals surface area contributed by atoms with Gasteiger partial charge in [0.1, 0.15) is 5.54 Å². The predicted octanol–water partition coefficient (Wildman–Crippen LogP) is 3.72. The predicted molar refractivity (Wildman–Crippen MR) is 142 cm³/mol. The summed E-state index contributed by atoms with van der Waals surface area (Å²) < 4.78 is 6.63. The Hall–Kier alpha value is -2.85. The summed E-state index contributed by atoms with van der Waals surface area (Å²) in [5, 5.41) is 15.9. The van der Waals surface area contributed by atoms with Crippen LogP contribution in [-0.2, 0) is 25.5 Å². The number of hydrogen-bond donors (Lipinski definition) is 3. The van der Waals surface area contributed by atoms with E-state index in [0.717, 1.165) is 35.6 Å². The topological polar surface area (TPSA) is 127 Å². The van der Waals surface area contributed by atoms with Crippen LogP contribution in [-0.4, -0.2) is 62.7 Å². The number of nitrogens with one attached hydrogen (secondary N) is 2. The molecular formula is C27H35N3O6S. The van der Waals surface area contributed by atoms with Gasteiger partial charge in [0.05, 0.1) is 10.8 Å². The average Bonchev–Trinajstić information content (AvgIpc) is 3.49. The standard InChI is InChI=1S/C27H35N3O6S/c1-17(15-20-16-30(26(34)35)22-8-4-3-7-21(20)22)28-25(33)27(11-5-6-12-27)29-24(32)23(37-18(2)31)19-9-13-36-14-10-19/h3-4,7-8,16-17,19,23H,5-6,9-15H2,1-2H3,(H,28,33)(H,29,32)(H,34,35)/t17-,23+/m1/s1. The molecule has 37 heavy (non-hydrogen) atoms. The molecule has 1 aromatic heterocycles. The summed E-state index contributed by atoms with van der Waals surface area (Å²) in [6.45, 7) is 4.47. The van der Waals surface area contributed by atoms with Gasteiger partial charge in [-0.3, -0.25) is 19.0 Å². The van der Waals surface area contributed by atoms with E-state index >= 15 is 0 Å². The second-order valence-corrected chi connectivity index (χ2v) is 11.5. The van der Waals surface area contributed by atoms with Crippen LogP contribution in [0, 0.1) is 5.92 Å². The molecule has 0 unspecified atom stereocenters. The van der Waals surface area contributed by atoms with Gasteiger partial charge in [0, 0.05) is 37.8 Å². The van der Waals surface area contributed by atoms with E-state index in [9.17, 15) is 24.3 Å². The van der Waals surface area contributed by atoms with Crippen LogP contribution in [0.25, 0.3) is 10.9 Å². The lowest BCUT2D eigenvalue weighted by Crippen LogP contribution is -2.60. The van der Waals surface area contributed by atoms with Crippen LogP contribution in [0.5, 0.6) is 0 Å². The van der Waals surface area contributed by atoms with Crippen molar-refractivity contribution in [2.45, 2.75) is 75.6 Å². The number of benzene rings is 1. The van der Waals surface area contributed by atoms with Gasteiger partial charge in [-0.05, 0) is 56.6 Å². The second kappa shape index (κ2) is 11.7. The number of aromatic nitrogens is 1. The first-order valence-electron chi connectivity index (χ1n) is 12.9. The smallest absolute Gasteiger partial charge is 0.416 e. The number of ether oxygens (including phenoxy) is 1. The van der Waals surface area contributed by atoms with Crippen molar-refractivity contribution in [1.29, 1.82) is 0 Å². The van der Waals surface area contributed by atoms with E-state index in [4.69, 9.17) is 4.74 Å². The molecule has 2 atom stereocenters. The Bertz CT molecular complexity index is 1170. The van der Waals surface area contributed by atoms with Crippen molar-refractivity contribution in [2.24, 2.45) is 5.92 Å². The molecule has 10 heteroatoms. The number of para-hydroxylation sites is 1. The van der Waals surface area contributed by atoms with Crippen LogP contribution >= 0.6 is 11.8 Å². The molecule has 1 aromatic carbocycles. The highest BCUT2D eigenvalue weighted by Gasteiger charge is 2.45. The summed E-state index contributed by atoms with van der Waals surface area (Å²) in [6, 6.07) is 7.00. The van der Waals surface area contributed by atoms with Crippen molar-refractivity contribution >= 4 is 45.7 Å². The van der Waals surface area contributed by atoms with E-state index < -0.39 is 16.9 Å². The van der Waals surface area contributed by atoms with Crippen molar-refractivity contribution < 1.29 is 29.0 Å². The molecule has 1 saturated carbocycles. The maximum absolute atomic E-state index is 13.6. The quantitative estimate of drug-likeness (QED) is 0.476. The molecule has 2 aromatic rings. The summed E-state index contributed by atoms with van der Waals surface area (Å²) in [5.41, 5.74) is 0.416. The van der Waals surface area contributed by atoms with E-state index in [2.05, 4.69) is 10.6 Å². The number of carbonyl (C=O) groups excluding carboxylic acids is 3. The highest BCUT2D eigenvalue weighted by Crippen LogP contribution is 2.34. The van der Waals surface area contributed by atoms with Crippen LogP contribution in [0.3, 0.4) is 0 Å². The third-order valence-electron chi connectivity index (χ3n) is 7.40. The Morgan fingerprint density at radius 3 is 2.49 bits per heavy atom. The van der Waals surface area contributed by atoms with Gasteiger partial charge in [-0.15, -0.1) is 0 Å². The van der Waals surface area contributed by atoms with E-state index in [1.54, 1.807) is 18.3 Å². The fraction of sp³-hybridized carbons (Fsp3) is 0.556.